The van der Waals surface area contributed by atoms with E-state index in [1.54, 1.807) is 0 Å². The Labute approximate surface area is 82.6 Å². The first-order valence-corrected chi connectivity index (χ1v) is 5.20. The van der Waals surface area contributed by atoms with Gasteiger partial charge in [0.1, 0.15) is 0 Å². The fraction of sp³-hybridized carbons (Fsp3) is 0.818. The molecule has 0 bridgehead atoms. The summed E-state index contributed by atoms with van der Waals surface area (Å²) in [5.74, 6) is 6.69. The van der Waals surface area contributed by atoms with Crippen molar-refractivity contribution in [2.45, 2.75) is 47.0 Å². The molecular formula is C11H24N2. The third kappa shape index (κ3) is 6.64. The highest BCUT2D eigenvalue weighted by molar-refractivity contribution is 4.99. The molecular weight excluding hydrogens is 160 g/mol. The molecule has 0 rings (SSSR count). The molecule has 0 amide bonds. The van der Waals surface area contributed by atoms with Crippen LogP contribution in [-0.4, -0.2) is 0 Å². The van der Waals surface area contributed by atoms with Crippen LogP contribution in [0.1, 0.15) is 47.0 Å². The maximum absolute atomic E-state index is 5.22. The topological polar surface area (TPSA) is 38.0 Å². The number of hydrogen-bond acceptors (Lipinski definition) is 2. The third-order valence-corrected chi connectivity index (χ3v) is 2.51. The van der Waals surface area contributed by atoms with E-state index in [0.717, 1.165) is 5.92 Å². The first-order valence-electron chi connectivity index (χ1n) is 5.20. The Hall–Kier alpha value is -0.500. The van der Waals surface area contributed by atoms with Crippen LogP contribution in [0, 0.1) is 11.8 Å². The first-order chi connectivity index (χ1) is 6.07. The van der Waals surface area contributed by atoms with Gasteiger partial charge in [0, 0.05) is 6.20 Å². The lowest BCUT2D eigenvalue weighted by Crippen LogP contribution is -2.15. The lowest BCUT2D eigenvalue weighted by Gasteiger charge is -2.12. The van der Waals surface area contributed by atoms with Gasteiger partial charge in [-0.2, -0.15) is 0 Å². The van der Waals surface area contributed by atoms with Crippen molar-refractivity contribution in [2.75, 3.05) is 0 Å². The van der Waals surface area contributed by atoms with Gasteiger partial charge in [-0.05, 0) is 25.2 Å². The number of hydrazine groups is 1. The van der Waals surface area contributed by atoms with Gasteiger partial charge in [0.05, 0.1) is 0 Å². The minimum atomic E-state index is 0.648. The molecule has 0 radical (unpaired) electrons. The molecule has 78 valence electrons. The normalized spacial score (nSPS) is 14.8. The lowest BCUT2D eigenvalue weighted by molar-refractivity contribution is 0.490. The summed E-state index contributed by atoms with van der Waals surface area (Å²) in [4.78, 5) is 0. The Morgan fingerprint density at radius 3 is 2.38 bits per heavy atom. The van der Waals surface area contributed by atoms with Gasteiger partial charge in [0.25, 0.3) is 0 Å². The van der Waals surface area contributed by atoms with Crippen molar-refractivity contribution in [2.24, 2.45) is 17.7 Å². The Morgan fingerprint density at radius 2 is 1.92 bits per heavy atom. The van der Waals surface area contributed by atoms with E-state index in [9.17, 15) is 0 Å². The smallest absolute Gasteiger partial charge is 0.0114 e. The van der Waals surface area contributed by atoms with Gasteiger partial charge in [-0.1, -0.05) is 39.2 Å². The van der Waals surface area contributed by atoms with Crippen LogP contribution in [0.3, 0.4) is 0 Å². The van der Waals surface area contributed by atoms with E-state index in [-0.39, 0.29) is 0 Å². The molecule has 0 spiro atoms. The van der Waals surface area contributed by atoms with Gasteiger partial charge in [-0.3, -0.25) is 5.84 Å². The largest absolute Gasteiger partial charge is 0.331 e. The molecule has 2 heteroatoms. The number of rotatable bonds is 6. The van der Waals surface area contributed by atoms with Crippen molar-refractivity contribution < 1.29 is 0 Å². The molecule has 13 heavy (non-hydrogen) atoms. The third-order valence-electron chi connectivity index (χ3n) is 2.51. The summed E-state index contributed by atoms with van der Waals surface area (Å²) in [6, 6.07) is 0. The van der Waals surface area contributed by atoms with E-state index in [1.165, 1.54) is 24.8 Å². The second kappa shape index (κ2) is 6.96. The van der Waals surface area contributed by atoms with E-state index in [4.69, 9.17) is 5.84 Å². The Morgan fingerprint density at radius 1 is 1.31 bits per heavy atom. The van der Waals surface area contributed by atoms with Gasteiger partial charge in [0.15, 0.2) is 0 Å². The van der Waals surface area contributed by atoms with Crippen molar-refractivity contribution in [1.29, 1.82) is 0 Å². The molecule has 0 aromatic heterocycles. The van der Waals surface area contributed by atoms with E-state index < -0.39 is 0 Å². The molecule has 0 aromatic carbocycles. The maximum Gasteiger partial charge on any atom is 0.0114 e. The molecule has 0 saturated heterocycles. The zero-order valence-corrected chi connectivity index (χ0v) is 9.43. The quantitative estimate of drug-likeness (QED) is 0.492. The second-order valence-corrected chi connectivity index (χ2v) is 4.28. The fourth-order valence-corrected chi connectivity index (χ4v) is 1.33. The molecule has 0 aliphatic carbocycles. The monoisotopic (exact) mass is 184 g/mol. The molecule has 1 atom stereocenters. The molecule has 0 heterocycles. The predicted octanol–water partition coefficient (Wildman–Crippen LogP) is 2.82. The van der Waals surface area contributed by atoms with Gasteiger partial charge < -0.3 is 5.43 Å². The second-order valence-electron chi connectivity index (χ2n) is 4.28. The van der Waals surface area contributed by atoms with Crippen LogP contribution >= 0.6 is 0 Å². The molecule has 0 aliphatic heterocycles. The SMILES string of the molecule is C/C(=C/NN)C(C)CCCC(C)C. The fourth-order valence-electron chi connectivity index (χ4n) is 1.33. The summed E-state index contributed by atoms with van der Waals surface area (Å²) in [7, 11) is 0. The summed E-state index contributed by atoms with van der Waals surface area (Å²) in [6.07, 6.45) is 5.80. The Balaban J connectivity index is 3.61. The van der Waals surface area contributed by atoms with Crippen LogP contribution in [-0.2, 0) is 0 Å². The van der Waals surface area contributed by atoms with E-state index >= 15 is 0 Å². The summed E-state index contributed by atoms with van der Waals surface area (Å²) in [5.41, 5.74) is 3.92. The summed E-state index contributed by atoms with van der Waals surface area (Å²) in [5, 5.41) is 0. The zero-order chi connectivity index (χ0) is 10.3. The number of hydrogen-bond donors (Lipinski definition) is 2. The van der Waals surface area contributed by atoms with E-state index in [1.807, 2.05) is 6.20 Å². The van der Waals surface area contributed by atoms with Crippen molar-refractivity contribution in [3.05, 3.63) is 11.8 Å². The van der Waals surface area contributed by atoms with Gasteiger partial charge in [-0.25, -0.2) is 0 Å². The highest BCUT2D eigenvalue weighted by Gasteiger charge is 2.04. The lowest BCUT2D eigenvalue weighted by atomic mass is 9.95. The first kappa shape index (κ1) is 12.5. The number of nitrogens with two attached hydrogens (primary N) is 1. The highest BCUT2D eigenvalue weighted by Crippen LogP contribution is 2.18. The van der Waals surface area contributed by atoms with Crippen LogP contribution in [0.15, 0.2) is 11.8 Å². The van der Waals surface area contributed by atoms with Crippen molar-refractivity contribution in [1.82, 2.24) is 5.43 Å². The Bertz CT molecular complexity index is 150. The van der Waals surface area contributed by atoms with Crippen LogP contribution in [0.2, 0.25) is 0 Å². The van der Waals surface area contributed by atoms with E-state index in [0.29, 0.717) is 5.92 Å². The van der Waals surface area contributed by atoms with Crippen LogP contribution in [0.5, 0.6) is 0 Å². The summed E-state index contributed by atoms with van der Waals surface area (Å²) in [6.45, 7) is 8.92. The van der Waals surface area contributed by atoms with Gasteiger partial charge >= 0.3 is 0 Å². The molecule has 3 N–H and O–H groups in total. The van der Waals surface area contributed by atoms with E-state index in [2.05, 4.69) is 33.1 Å². The van der Waals surface area contributed by atoms with Crippen LogP contribution in [0.4, 0.5) is 0 Å². The van der Waals surface area contributed by atoms with Crippen LogP contribution in [0.25, 0.3) is 0 Å². The van der Waals surface area contributed by atoms with Crippen molar-refractivity contribution in [3.63, 3.8) is 0 Å². The molecule has 0 aromatic rings. The van der Waals surface area contributed by atoms with Crippen molar-refractivity contribution >= 4 is 0 Å². The molecule has 0 saturated carbocycles. The summed E-state index contributed by atoms with van der Waals surface area (Å²) < 4.78 is 0. The Kier molecular flexibility index (Phi) is 6.69. The van der Waals surface area contributed by atoms with Crippen LogP contribution < -0.4 is 11.3 Å². The summed E-state index contributed by atoms with van der Waals surface area (Å²) >= 11 is 0. The minimum Gasteiger partial charge on any atom is -0.331 e. The predicted molar refractivity (Wildman–Crippen MR) is 58.9 cm³/mol. The molecule has 1 unspecified atom stereocenters. The molecule has 0 fully saturated rings. The van der Waals surface area contributed by atoms with Gasteiger partial charge in [0.2, 0.25) is 0 Å². The average Bonchev–Trinajstić information content (AvgIpc) is 2.04. The maximum atomic E-state index is 5.22. The molecule has 2 nitrogen and oxygen atoms in total. The number of allylic oxidation sites excluding steroid dienone is 1. The average molecular weight is 184 g/mol. The highest BCUT2D eigenvalue weighted by atomic mass is 15.2. The molecule has 0 aliphatic rings. The zero-order valence-electron chi connectivity index (χ0n) is 9.43. The minimum absolute atomic E-state index is 0.648. The number of nitrogens with one attached hydrogen (secondary N) is 1. The standard InChI is InChI=1S/C11H24N2/c1-9(2)6-5-7-10(3)11(4)8-13-12/h8-10,13H,5-7,12H2,1-4H3/b11-8-. The van der Waals surface area contributed by atoms with Gasteiger partial charge in [-0.15, -0.1) is 0 Å². The van der Waals surface area contributed by atoms with Crippen molar-refractivity contribution in [3.8, 4) is 0 Å².